The lowest BCUT2D eigenvalue weighted by molar-refractivity contribution is 0.166. The first-order valence-electron chi connectivity index (χ1n) is 8.29. The van der Waals surface area contributed by atoms with E-state index in [1.165, 1.54) is 25.8 Å². The fourth-order valence-corrected chi connectivity index (χ4v) is 3.35. The van der Waals surface area contributed by atoms with Crippen LogP contribution in [-0.4, -0.2) is 52.8 Å². The van der Waals surface area contributed by atoms with Gasteiger partial charge in [0, 0.05) is 38.9 Å². The second-order valence-corrected chi connectivity index (χ2v) is 6.21. The van der Waals surface area contributed by atoms with E-state index in [4.69, 9.17) is 9.72 Å². The van der Waals surface area contributed by atoms with Gasteiger partial charge in [-0.25, -0.2) is 9.97 Å². The van der Waals surface area contributed by atoms with Gasteiger partial charge in [-0.15, -0.1) is 0 Å². The van der Waals surface area contributed by atoms with Gasteiger partial charge in [0.15, 0.2) is 5.65 Å². The predicted octanol–water partition coefficient (Wildman–Crippen LogP) is 2.49. The molecule has 1 atom stereocenters. The van der Waals surface area contributed by atoms with Crippen LogP contribution in [-0.2, 0) is 17.7 Å². The van der Waals surface area contributed by atoms with E-state index < -0.39 is 0 Å². The van der Waals surface area contributed by atoms with E-state index in [-0.39, 0.29) is 0 Å². The van der Waals surface area contributed by atoms with E-state index in [2.05, 4.69) is 27.6 Å². The SMILES string of the molecule is COCCCc1nc2cccnc2n1CC1CCCCN1C. The predicted molar refractivity (Wildman–Crippen MR) is 88.0 cm³/mol. The number of likely N-dealkylation sites (N-methyl/N-ethyl adjacent to an activating group) is 1. The summed E-state index contributed by atoms with van der Waals surface area (Å²) in [5.74, 6) is 1.14. The summed E-state index contributed by atoms with van der Waals surface area (Å²) in [6, 6.07) is 4.61. The Morgan fingerprint density at radius 1 is 1.36 bits per heavy atom. The third-order valence-electron chi connectivity index (χ3n) is 4.65. The number of pyridine rings is 1. The molecular formula is C17H26N4O. The topological polar surface area (TPSA) is 43.2 Å². The van der Waals surface area contributed by atoms with Crippen LogP contribution in [0.5, 0.6) is 0 Å². The van der Waals surface area contributed by atoms with Crippen molar-refractivity contribution in [1.82, 2.24) is 19.4 Å². The van der Waals surface area contributed by atoms with Crippen LogP contribution < -0.4 is 0 Å². The third kappa shape index (κ3) is 3.31. The van der Waals surface area contributed by atoms with Crippen LogP contribution in [0.3, 0.4) is 0 Å². The van der Waals surface area contributed by atoms with Gasteiger partial charge in [0.2, 0.25) is 0 Å². The molecule has 0 aromatic carbocycles. The lowest BCUT2D eigenvalue weighted by Gasteiger charge is -2.33. The average Bonchev–Trinajstić information content (AvgIpc) is 2.88. The largest absolute Gasteiger partial charge is 0.385 e. The number of ether oxygens (including phenoxy) is 1. The molecule has 120 valence electrons. The van der Waals surface area contributed by atoms with Gasteiger partial charge in [0.25, 0.3) is 0 Å². The Labute approximate surface area is 132 Å². The van der Waals surface area contributed by atoms with Gasteiger partial charge in [0.1, 0.15) is 11.3 Å². The van der Waals surface area contributed by atoms with E-state index in [0.29, 0.717) is 6.04 Å². The fraction of sp³-hybridized carbons (Fsp3) is 0.647. The number of likely N-dealkylation sites (tertiary alicyclic amines) is 1. The standard InChI is InChI=1S/C17H26N4O/c1-20-11-4-3-7-14(20)13-21-16(9-6-12-22-2)19-15-8-5-10-18-17(15)21/h5,8,10,14H,3-4,6-7,9,11-13H2,1-2H3. The molecule has 22 heavy (non-hydrogen) atoms. The summed E-state index contributed by atoms with van der Waals surface area (Å²) in [5, 5.41) is 0. The minimum Gasteiger partial charge on any atom is -0.385 e. The van der Waals surface area contributed by atoms with Crippen LogP contribution in [0.25, 0.3) is 11.2 Å². The molecule has 2 aromatic heterocycles. The van der Waals surface area contributed by atoms with Crippen LogP contribution in [0.4, 0.5) is 0 Å². The number of hydrogen-bond acceptors (Lipinski definition) is 4. The van der Waals surface area contributed by atoms with Gasteiger partial charge in [0.05, 0.1) is 0 Å². The second kappa shape index (κ2) is 7.20. The highest BCUT2D eigenvalue weighted by Gasteiger charge is 2.22. The number of imidazole rings is 1. The highest BCUT2D eigenvalue weighted by molar-refractivity contribution is 5.71. The zero-order valence-corrected chi connectivity index (χ0v) is 13.7. The molecule has 0 N–H and O–H groups in total. The van der Waals surface area contributed by atoms with E-state index >= 15 is 0 Å². The Bertz CT molecular complexity index is 610. The van der Waals surface area contributed by atoms with Crippen molar-refractivity contribution in [2.24, 2.45) is 0 Å². The van der Waals surface area contributed by atoms with E-state index in [9.17, 15) is 0 Å². The van der Waals surface area contributed by atoms with Gasteiger partial charge < -0.3 is 14.2 Å². The van der Waals surface area contributed by atoms with Crippen LogP contribution in [0, 0.1) is 0 Å². The fourth-order valence-electron chi connectivity index (χ4n) is 3.35. The zero-order valence-electron chi connectivity index (χ0n) is 13.7. The summed E-state index contributed by atoms with van der Waals surface area (Å²) >= 11 is 0. The second-order valence-electron chi connectivity index (χ2n) is 6.21. The molecule has 1 saturated heterocycles. The Hall–Kier alpha value is -1.46. The number of nitrogens with zero attached hydrogens (tertiary/aromatic N) is 4. The van der Waals surface area contributed by atoms with Gasteiger partial charge in [-0.05, 0) is 45.0 Å². The van der Waals surface area contributed by atoms with Crippen molar-refractivity contribution in [3.8, 4) is 0 Å². The average molecular weight is 302 g/mol. The number of piperidine rings is 1. The van der Waals surface area contributed by atoms with Crippen molar-refractivity contribution in [2.75, 3.05) is 27.3 Å². The maximum Gasteiger partial charge on any atom is 0.160 e. The van der Waals surface area contributed by atoms with E-state index in [1.54, 1.807) is 7.11 Å². The number of rotatable bonds is 6. The summed E-state index contributed by atoms with van der Waals surface area (Å²) < 4.78 is 7.51. The van der Waals surface area contributed by atoms with Crippen molar-refractivity contribution >= 4 is 11.2 Å². The third-order valence-corrected chi connectivity index (χ3v) is 4.65. The molecule has 1 aliphatic heterocycles. The molecule has 3 rings (SSSR count). The molecule has 5 nitrogen and oxygen atoms in total. The van der Waals surface area contributed by atoms with Gasteiger partial charge in [-0.3, -0.25) is 0 Å². The highest BCUT2D eigenvalue weighted by atomic mass is 16.5. The zero-order chi connectivity index (χ0) is 15.4. The van der Waals surface area contributed by atoms with Crippen molar-refractivity contribution in [3.05, 3.63) is 24.2 Å². The molecule has 1 unspecified atom stereocenters. The quantitative estimate of drug-likeness (QED) is 0.769. The summed E-state index contributed by atoms with van der Waals surface area (Å²) in [6.45, 7) is 2.97. The number of aryl methyl sites for hydroxylation is 1. The van der Waals surface area contributed by atoms with Crippen LogP contribution in [0.1, 0.15) is 31.5 Å². The normalized spacial score (nSPS) is 19.8. The first-order valence-corrected chi connectivity index (χ1v) is 8.29. The van der Waals surface area contributed by atoms with Crippen molar-refractivity contribution in [3.63, 3.8) is 0 Å². The summed E-state index contributed by atoms with van der Waals surface area (Å²) in [6.07, 6.45) is 7.72. The first-order chi connectivity index (χ1) is 10.8. The van der Waals surface area contributed by atoms with Crippen molar-refractivity contribution < 1.29 is 4.74 Å². The number of hydrogen-bond donors (Lipinski definition) is 0. The van der Waals surface area contributed by atoms with Gasteiger partial charge in [-0.2, -0.15) is 0 Å². The van der Waals surface area contributed by atoms with Crippen LogP contribution >= 0.6 is 0 Å². The molecule has 0 aliphatic carbocycles. The maximum absolute atomic E-state index is 5.18. The molecule has 0 amide bonds. The Kier molecular flexibility index (Phi) is 5.05. The summed E-state index contributed by atoms with van der Waals surface area (Å²) in [4.78, 5) is 11.9. The molecule has 5 heteroatoms. The molecule has 0 saturated carbocycles. The summed E-state index contributed by atoms with van der Waals surface area (Å²) in [7, 11) is 3.99. The van der Waals surface area contributed by atoms with Crippen molar-refractivity contribution in [2.45, 2.75) is 44.7 Å². The molecule has 0 radical (unpaired) electrons. The Morgan fingerprint density at radius 2 is 2.27 bits per heavy atom. The summed E-state index contributed by atoms with van der Waals surface area (Å²) in [5.41, 5.74) is 2.03. The number of methoxy groups -OCH3 is 1. The van der Waals surface area contributed by atoms with Gasteiger partial charge in [-0.1, -0.05) is 6.42 Å². The number of aromatic nitrogens is 3. The molecule has 0 spiro atoms. The maximum atomic E-state index is 5.18. The Morgan fingerprint density at radius 3 is 3.09 bits per heavy atom. The highest BCUT2D eigenvalue weighted by Crippen LogP contribution is 2.21. The Balaban J connectivity index is 1.85. The smallest absolute Gasteiger partial charge is 0.160 e. The molecule has 0 bridgehead atoms. The van der Waals surface area contributed by atoms with E-state index in [1.807, 2.05) is 12.3 Å². The van der Waals surface area contributed by atoms with Crippen molar-refractivity contribution in [1.29, 1.82) is 0 Å². The lowest BCUT2D eigenvalue weighted by Crippen LogP contribution is -2.39. The molecule has 3 heterocycles. The van der Waals surface area contributed by atoms with Gasteiger partial charge >= 0.3 is 0 Å². The first kappa shape index (κ1) is 15.4. The van der Waals surface area contributed by atoms with E-state index in [0.717, 1.165) is 43.0 Å². The number of fused-ring (bicyclic) bond motifs is 1. The monoisotopic (exact) mass is 302 g/mol. The minimum absolute atomic E-state index is 0.592. The minimum atomic E-state index is 0.592. The van der Waals surface area contributed by atoms with Crippen LogP contribution in [0.15, 0.2) is 18.3 Å². The lowest BCUT2D eigenvalue weighted by atomic mass is 10.0. The molecular weight excluding hydrogens is 276 g/mol. The molecule has 2 aromatic rings. The molecule has 1 aliphatic rings. The molecule has 1 fully saturated rings. The van der Waals surface area contributed by atoms with Crippen LogP contribution in [0.2, 0.25) is 0 Å².